The molecule has 0 aliphatic carbocycles. The normalized spacial score (nSPS) is 15.9. The van der Waals surface area contributed by atoms with Crippen molar-refractivity contribution in [2.45, 2.75) is 72.8 Å². The fourth-order valence-corrected chi connectivity index (χ4v) is 17.0. The van der Waals surface area contributed by atoms with Gasteiger partial charge in [-0.15, -0.1) is 0 Å². The Hall–Kier alpha value is -13.3. The van der Waals surface area contributed by atoms with E-state index in [1.54, 1.807) is 92.4 Å². The Bertz CT molecular complexity index is 6450. The number of carbonyl (C=O) groups excluding carboxylic acids is 3. The van der Waals surface area contributed by atoms with E-state index in [0.29, 0.717) is 113 Å². The first-order valence-electron chi connectivity index (χ1n) is 44.4. The standard InChI is InChI=1S/C32H38N8O5S.C27H30N8O4S.C19H18ClN5O3.C13H21N3O2S.C2H6O.2CH4/c1-3-27(41)34-24-7-6-8-26(21-24)45-31-29-30(40(22-33-29)28-9-4-5-19-44-28)36-32(37-31)35-23-10-12-25(13-11-23)39-16-14-38(15-17-39)18-20-46(2,42)43;1-3-23(36)30-20-5-4-6-22(17-20)39-26-24-25(29-18-28-24)32-27(33-26)31-19-7-9-21(10-8-19)35-13-11-34(12-14-35)15-16-40(2,37)38;1-2-14(26)22-12-6-5-7-13(10-12)28-18-16-17(23-19(20)24-18)25(11-21-16)15-8-3-4-9-27-15;1-19(17,18)11-10-15-6-8-16(9-7-15)13-4-2-12(14)3-5-13;1-2-3;;/h3,6-8,10-13,21-22,28H,1,4-5,9,14-20H2,2H3,(H,34,41)(H,35,36,37);3-10,17-18H,1,11-16H2,2H3,(H,30,36)(H2,28,29,31,32,33);2,5-7,10-11,15H,1,3-4,8-9H2,(H,22,26);2-5H,6-11,14H2,1H3;3H,2H2,1H3;2*1H4. The van der Waals surface area contributed by atoms with E-state index in [2.05, 4.69) is 121 Å². The second kappa shape index (κ2) is 50.2. The van der Waals surface area contributed by atoms with Gasteiger partial charge in [0.25, 0.3) is 17.6 Å². The van der Waals surface area contributed by atoms with Crippen LogP contribution in [-0.2, 0) is 53.4 Å². The zero-order chi connectivity index (χ0) is 96.3. The number of aromatic nitrogens is 12. The van der Waals surface area contributed by atoms with Gasteiger partial charge < -0.3 is 80.8 Å². The molecule has 0 saturated carbocycles. The van der Waals surface area contributed by atoms with Crippen LogP contribution in [0.3, 0.4) is 0 Å². The van der Waals surface area contributed by atoms with Crippen molar-refractivity contribution in [1.82, 2.24) is 73.7 Å². The summed E-state index contributed by atoms with van der Waals surface area (Å²) in [5.74, 6) is 2.51. The van der Waals surface area contributed by atoms with Crippen LogP contribution < -0.4 is 61.2 Å². The topological polar surface area (TPSA) is 467 Å². The van der Waals surface area contributed by atoms with Crippen LogP contribution in [0.1, 0.15) is 72.8 Å². The summed E-state index contributed by atoms with van der Waals surface area (Å²) in [4.78, 5) is 91.7. The monoisotopic (exact) mass is 1970 g/mol. The van der Waals surface area contributed by atoms with Crippen LogP contribution in [0.15, 0.2) is 203 Å². The van der Waals surface area contributed by atoms with Crippen molar-refractivity contribution >= 4 is 155 Å². The van der Waals surface area contributed by atoms with E-state index in [0.717, 1.165) is 145 Å². The highest BCUT2D eigenvalue weighted by atomic mass is 35.5. The minimum absolute atomic E-state index is 0. The first-order valence-corrected chi connectivity index (χ1v) is 50.9. The number of hydrogen-bond donors (Lipinski definition) is 8. The van der Waals surface area contributed by atoms with Crippen LogP contribution in [0.5, 0.6) is 34.9 Å². The van der Waals surface area contributed by atoms with E-state index >= 15 is 0 Å². The number of halogens is 1. The number of imidazole rings is 3. The van der Waals surface area contributed by atoms with Crippen molar-refractivity contribution < 1.29 is 68.4 Å². The average molecular weight is 1970 g/mol. The predicted molar refractivity (Wildman–Crippen MR) is 543 cm³/mol. The van der Waals surface area contributed by atoms with Gasteiger partial charge in [-0.1, -0.05) is 52.8 Å². The largest absolute Gasteiger partial charge is 0.437 e. The number of anilines is 11. The molecule has 5 fully saturated rings. The number of hydrogen-bond acceptors (Lipinski definition) is 33. The molecule has 2 unspecified atom stereocenters. The second-order valence-corrected chi connectivity index (χ2v) is 39.6. The minimum Gasteiger partial charge on any atom is -0.437 e. The summed E-state index contributed by atoms with van der Waals surface area (Å²) < 4.78 is 102. The molecule has 6 aromatic carbocycles. The fraction of sp³-hybridized carbons (Fsp3) is 0.368. The number of H-pyrrole nitrogens is 1. The highest BCUT2D eigenvalue weighted by Gasteiger charge is 2.28. The molecule has 43 heteroatoms. The van der Waals surface area contributed by atoms with Crippen LogP contribution in [0, 0.1) is 0 Å². The SMILES string of the molecule is C.C.C=CC(=O)Nc1cccc(Oc2nc(Cl)nc3c2ncn3C2CCCCO2)c1.C=CC(=O)Nc1cccc(Oc2nc(Nc3ccc(N4CCN(CCS(C)(=O)=O)CC4)cc3)nc3c2ncn3C2CCCCO2)c1.C=CC(=O)Nc1cccc(Oc2nc(Nc3ccc(N4CCN(CCS(C)(=O)=O)CC4)cc3)nc3nc[nH]c23)c1.CCO.CS(=O)(=O)CCN1CCN(c2ccc(N)cc2)CC1. The molecule has 11 heterocycles. The summed E-state index contributed by atoms with van der Waals surface area (Å²) in [6, 6.07) is 44.8. The Morgan fingerprint density at radius 2 is 0.833 bits per heavy atom. The van der Waals surface area contributed by atoms with Gasteiger partial charge in [-0.05, 0) is 184 Å². The molecule has 17 rings (SSSR count). The molecule has 39 nitrogen and oxygen atoms in total. The molecule has 5 aliphatic rings. The maximum Gasteiger partial charge on any atom is 0.252 e. The zero-order valence-electron chi connectivity index (χ0n) is 76.1. The Morgan fingerprint density at radius 3 is 1.20 bits per heavy atom. The van der Waals surface area contributed by atoms with Gasteiger partial charge in [-0.2, -0.15) is 29.9 Å². The van der Waals surface area contributed by atoms with Crippen LogP contribution >= 0.6 is 11.6 Å². The average Bonchev–Trinajstić information content (AvgIpc) is 1.62. The lowest BCUT2D eigenvalue weighted by Gasteiger charge is -2.36. The molecule has 9 N–H and O–H groups in total. The number of nitrogens with one attached hydrogen (secondary N) is 6. The highest BCUT2D eigenvalue weighted by molar-refractivity contribution is 7.91. The molecular weight excluding hydrogens is 1850 g/mol. The lowest BCUT2D eigenvalue weighted by molar-refractivity contribution is -0.112. The summed E-state index contributed by atoms with van der Waals surface area (Å²) in [5.41, 5.74) is 16.2. The number of nitrogens with zero attached hydrogens (tertiary/aromatic N) is 17. The number of aromatic amines is 1. The molecule has 2 atom stereocenters. The summed E-state index contributed by atoms with van der Waals surface area (Å²) in [6.07, 6.45) is 18.0. The number of piperazine rings is 3. The van der Waals surface area contributed by atoms with Crippen molar-refractivity contribution in [2.75, 3.05) is 201 Å². The van der Waals surface area contributed by atoms with E-state index in [1.165, 1.54) is 49.0 Å². The number of sulfone groups is 3. The number of ether oxygens (including phenoxy) is 5. The maximum absolute atomic E-state index is 11.8. The summed E-state index contributed by atoms with van der Waals surface area (Å²) in [5, 5.41) is 22.3. The number of aliphatic hydroxyl groups is 1. The third-order valence-corrected chi connectivity index (χ3v) is 25.1. The van der Waals surface area contributed by atoms with E-state index in [9.17, 15) is 39.6 Å². The Morgan fingerprint density at radius 1 is 0.478 bits per heavy atom. The smallest absolute Gasteiger partial charge is 0.252 e. The summed E-state index contributed by atoms with van der Waals surface area (Å²) >= 11 is 6.12. The Balaban J connectivity index is 0.000000181. The number of benzene rings is 6. The number of amides is 3. The molecule has 5 aliphatic heterocycles. The lowest BCUT2D eigenvalue weighted by atomic mass is 10.2. The zero-order valence-corrected chi connectivity index (χ0v) is 79.3. The van der Waals surface area contributed by atoms with Crippen molar-refractivity contribution in [3.05, 3.63) is 208 Å². The first-order chi connectivity index (χ1) is 65.5. The van der Waals surface area contributed by atoms with Gasteiger partial charge in [0.2, 0.25) is 34.9 Å². The van der Waals surface area contributed by atoms with E-state index in [4.69, 9.17) is 51.1 Å². The molecule has 6 aromatic heterocycles. The second-order valence-electron chi connectivity index (χ2n) is 32.5. The number of rotatable bonds is 30. The molecule has 0 spiro atoms. The van der Waals surface area contributed by atoms with Crippen LogP contribution in [0.25, 0.3) is 33.5 Å². The molecule has 3 amide bonds. The quantitative estimate of drug-likeness (QED) is 0.0118. The fourth-order valence-electron chi connectivity index (χ4n) is 15.1. The molecule has 5 saturated heterocycles. The molecular formula is C95H121ClN24O15S3. The number of nitrogens with two attached hydrogens (primary N) is 1. The van der Waals surface area contributed by atoms with Gasteiger partial charge in [-0.25, -0.2) is 40.2 Å². The lowest BCUT2D eigenvalue weighted by Crippen LogP contribution is -2.47. The van der Waals surface area contributed by atoms with Gasteiger partial charge >= 0.3 is 0 Å². The van der Waals surface area contributed by atoms with Crippen LogP contribution in [0.2, 0.25) is 5.28 Å². The third kappa shape index (κ3) is 31.4. The van der Waals surface area contributed by atoms with Gasteiger partial charge in [-0.3, -0.25) is 38.2 Å². The number of fused-ring (bicyclic) bond motifs is 3. The Kier molecular flexibility index (Phi) is 38.2. The third-order valence-electron chi connectivity index (χ3n) is 22.1. The number of carbonyl (C=O) groups is 3. The number of aliphatic hydroxyl groups excluding tert-OH is 1. The van der Waals surface area contributed by atoms with Gasteiger partial charge in [0.05, 0.1) is 36.2 Å². The Labute approximate surface area is 809 Å². The van der Waals surface area contributed by atoms with Gasteiger partial charge in [0.1, 0.15) is 64.7 Å². The van der Waals surface area contributed by atoms with Crippen LogP contribution in [0.4, 0.5) is 63.1 Å². The van der Waals surface area contributed by atoms with Crippen molar-refractivity contribution in [3.63, 3.8) is 0 Å². The van der Waals surface area contributed by atoms with Gasteiger partial charge in [0, 0.05) is 206 Å². The summed E-state index contributed by atoms with van der Waals surface area (Å²) in [7, 11) is -8.79. The van der Waals surface area contributed by atoms with Gasteiger partial charge in [0.15, 0.2) is 28.0 Å². The molecule has 12 aromatic rings. The molecule has 138 heavy (non-hydrogen) atoms. The highest BCUT2D eigenvalue weighted by Crippen LogP contribution is 2.38. The predicted octanol–water partition coefficient (Wildman–Crippen LogP) is 13.3. The maximum atomic E-state index is 11.8. The van der Waals surface area contributed by atoms with Crippen molar-refractivity contribution in [1.29, 1.82) is 0 Å². The van der Waals surface area contributed by atoms with Crippen molar-refractivity contribution in [3.8, 4) is 34.9 Å². The summed E-state index contributed by atoms with van der Waals surface area (Å²) in [6.45, 7) is 25.7. The van der Waals surface area contributed by atoms with E-state index < -0.39 is 29.5 Å². The molecule has 0 radical (unpaired) electrons. The molecule has 736 valence electrons. The minimum atomic E-state index is -2.97. The van der Waals surface area contributed by atoms with Crippen LogP contribution in [-0.4, -0.2) is 276 Å². The number of nitrogen functional groups attached to an aromatic ring is 1. The van der Waals surface area contributed by atoms with Crippen molar-refractivity contribution in [2.24, 2.45) is 0 Å². The molecule has 0 bridgehead atoms. The van der Waals surface area contributed by atoms with E-state index in [1.807, 2.05) is 81.9 Å². The first kappa shape index (κ1) is 105. The van der Waals surface area contributed by atoms with E-state index in [-0.39, 0.29) is 91.8 Å².